The van der Waals surface area contributed by atoms with Crippen LogP contribution in [-0.2, 0) is 9.59 Å². The number of nitrogens with zero attached hydrogens (tertiary/aromatic N) is 4. The molecule has 0 spiro atoms. The quantitative estimate of drug-likeness (QED) is 0.804. The number of anilines is 1. The predicted molar refractivity (Wildman–Crippen MR) is 114 cm³/mol. The van der Waals surface area contributed by atoms with Crippen molar-refractivity contribution >= 4 is 17.5 Å². The fourth-order valence-corrected chi connectivity index (χ4v) is 5.07. The molecule has 3 aliphatic heterocycles. The lowest BCUT2D eigenvalue weighted by atomic mass is 10.0. The van der Waals surface area contributed by atoms with Crippen molar-refractivity contribution in [2.45, 2.75) is 37.4 Å². The fraction of sp³-hybridized carbons (Fsp3) is 0.636. The SMILES string of the molecule is CN1CCC2C1C(=O)NCC(CCC(=O)N1CCN(c3ccccc3)CC1)N2C. The van der Waals surface area contributed by atoms with Crippen LogP contribution in [0.1, 0.15) is 19.3 Å². The number of rotatable bonds is 4. The van der Waals surface area contributed by atoms with Crippen LogP contribution >= 0.6 is 0 Å². The topological polar surface area (TPSA) is 59.1 Å². The van der Waals surface area contributed by atoms with E-state index in [0.29, 0.717) is 13.0 Å². The summed E-state index contributed by atoms with van der Waals surface area (Å²) in [6.45, 7) is 4.90. The zero-order chi connectivity index (χ0) is 20.4. The lowest BCUT2D eigenvalue weighted by Crippen LogP contribution is -2.50. The van der Waals surface area contributed by atoms with Crippen molar-refractivity contribution in [3.05, 3.63) is 30.3 Å². The van der Waals surface area contributed by atoms with E-state index in [1.165, 1.54) is 5.69 Å². The molecule has 3 saturated heterocycles. The van der Waals surface area contributed by atoms with Gasteiger partial charge in [-0.15, -0.1) is 0 Å². The highest BCUT2D eigenvalue weighted by Gasteiger charge is 2.43. The van der Waals surface area contributed by atoms with Gasteiger partial charge in [0.25, 0.3) is 0 Å². The van der Waals surface area contributed by atoms with E-state index >= 15 is 0 Å². The number of likely N-dealkylation sites (N-methyl/N-ethyl adjacent to an activating group) is 2. The molecule has 29 heavy (non-hydrogen) atoms. The number of carbonyl (C=O) groups is 2. The van der Waals surface area contributed by atoms with Crippen LogP contribution in [0.5, 0.6) is 0 Å². The molecule has 2 amide bonds. The van der Waals surface area contributed by atoms with Crippen molar-refractivity contribution in [3.8, 4) is 0 Å². The molecule has 7 heteroatoms. The van der Waals surface area contributed by atoms with Crippen molar-refractivity contribution < 1.29 is 9.59 Å². The number of hydrogen-bond acceptors (Lipinski definition) is 5. The molecule has 1 aromatic rings. The smallest absolute Gasteiger partial charge is 0.239 e. The molecular weight excluding hydrogens is 366 g/mol. The van der Waals surface area contributed by atoms with Crippen LogP contribution in [0.2, 0.25) is 0 Å². The molecular formula is C22H33N5O2. The number of benzene rings is 1. The third-order valence-electron chi connectivity index (χ3n) is 6.94. The van der Waals surface area contributed by atoms with Crippen molar-refractivity contribution in [3.63, 3.8) is 0 Å². The predicted octanol–water partition coefficient (Wildman–Crippen LogP) is 0.618. The highest BCUT2D eigenvalue weighted by atomic mass is 16.2. The Morgan fingerprint density at radius 1 is 1.07 bits per heavy atom. The molecule has 0 radical (unpaired) electrons. The first-order valence-electron chi connectivity index (χ1n) is 10.8. The lowest BCUT2D eigenvalue weighted by molar-refractivity contribution is -0.132. The molecule has 3 aliphatic rings. The van der Waals surface area contributed by atoms with Gasteiger partial charge in [0.2, 0.25) is 11.8 Å². The number of nitrogens with one attached hydrogen (secondary N) is 1. The van der Waals surface area contributed by atoms with Crippen LogP contribution in [0.4, 0.5) is 5.69 Å². The summed E-state index contributed by atoms with van der Waals surface area (Å²) in [5.41, 5.74) is 1.23. The molecule has 3 heterocycles. The summed E-state index contributed by atoms with van der Waals surface area (Å²) in [6, 6.07) is 10.8. The molecule has 3 unspecified atom stereocenters. The van der Waals surface area contributed by atoms with E-state index in [0.717, 1.165) is 45.6 Å². The van der Waals surface area contributed by atoms with E-state index in [1.54, 1.807) is 0 Å². The molecule has 0 aromatic heterocycles. The molecule has 0 saturated carbocycles. The van der Waals surface area contributed by atoms with Gasteiger partial charge in [0, 0.05) is 63.5 Å². The van der Waals surface area contributed by atoms with Gasteiger partial charge < -0.3 is 15.1 Å². The molecule has 0 aliphatic carbocycles. The van der Waals surface area contributed by atoms with E-state index in [4.69, 9.17) is 0 Å². The van der Waals surface area contributed by atoms with Gasteiger partial charge in [-0.05, 0) is 39.1 Å². The first-order chi connectivity index (χ1) is 14.0. The Hall–Kier alpha value is -2.12. The number of hydrogen-bond donors (Lipinski definition) is 1. The second-order valence-electron chi connectivity index (χ2n) is 8.59. The van der Waals surface area contributed by atoms with Gasteiger partial charge in [-0.1, -0.05) is 18.2 Å². The number of fused-ring (bicyclic) bond motifs is 1. The fourth-order valence-electron chi connectivity index (χ4n) is 5.07. The van der Waals surface area contributed by atoms with Crippen molar-refractivity contribution in [1.82, 2.24) is 20.0 Å². The first-order valence-corrected chi connectivity index (χ1v) is 10.8. The normalized spacial score (nSPS) is 28.8. The van der Waals surface area contributed by atoms with Gasteiger partial charge in [0.1, 0.15) is 6.04 Å². The first kappa shape index (κ1) is 20.2. The molecule has 1 N–H and O–H groups in total. The van der Waals surface area contributed by atoms with E-state index in [-0.39, 0.29) is 29.9 Å². The average Bonchev–Trinajstić information content (AvgIpc) is 3.09. The average molecular weight is 400 g/mol. The Balaban J connectivity index is 1.28. The lowest BCUT2D eigenvalue weighted by Gasteiger charge is -2.37. The molecule has 3 atom stereocenters. The molecule has 158 valence electrons. The second-order valence-corrected chi connectivity index (χ2v) is 8.59. The summed E-state index contributed by atoms with van der Waals surface area (Å²) in [6.07, 6.45) is 2.35. The van der Waals surface area contributed by atoms with Crippen molar-refractivity contribution in [2.24, 2.45) is 0 Å². The van der Waals surface area contributed by atoms with E-state index in [2.05, 4.69) is 51.3 Å². The minimum Gasteiger partial charge on any atom is -0.368 e. The second kappa shape index (κ2) is 8.71. The van der Waals surface area contributed by atoms with Gasteiger partial charge in [0.05, 0.1) is 0 Å². The Labute approximate surface area is 173 Å². The Morgan fingerprint density at radius 2 is 1.79 bits per heavy atom. The number of amides is 2. The molecule has 1 aromatic carbocycles. The Morgan fingerprint density at radius 3 is 2.52 bits per heavy atom. The maximum absolute atomic E-state index is 12.8. The number of para-hydroxylation sites is 1. The Bertz CT molecular complexity index is 719. The third-order valence-corrected chi connectivity index (χ3v) is 6.94. The van der Waals surface area contributed by atoms with Crippen LogP contribution in [-0.4, -0.2) is 98.0 Å². The van der Waals surface area contributed by atoms with E-state index < -0.39 is 0 Å². The minimum absolute atomic E-state index is 0.0632. The zero-order valence-corrected chi connectivity index (χ0v) is 17.6. The van der Waals surface area contributed by atoms with E-state index in [1.807, 2.05) is 18.0 Å². The standard InChI is InChI=1S/C22H33N5O2/c1-24-11-10-19-21(24)22(29)23-16-18(25(19)2)8-9-20(28)27-14-12-26(13-15-27)17-6-4-3-5-7-17/h3-7,18-19,21H,8-16H2,1-2H3,(H,23,29). The van der Waals surface area contributed by atoms with Gasteiger partial charge in [-0.2, -0.15) is 0 Å². The van der Waals surface area contributed by atoms with Crippen LogP contribution in [0, 0.1) is 0 Å². The maximum Gasteiger partial charge on any atom is 0.239 e. The molecule has 3 fully saturated rings. The van der Waals surface area contributed by atoms with Crippen LogP contribution in [0.15, 0.2) is 30.3 Å². The third kappa shape index (κ3) is 4.26. The largest absolute Gasteiger partial charge is 0.368 e. The summed E-state index contributed by atoms with van der Waals surface area (Å²) in [4.78, 5) is 34.1. The monoisotopic (exact) mass is 399 g/mol. The summed E-state index contributed by atoms with van der Waals surface area (Å²) >= 11 is 0. The minimum atomic E-state index is -0.0632. The number of carbonyl (C=O) groups excluding carboxylic acids is 2. The summed E-state index contributed by atoms with van der Waals surface area (Å²) < 4.78 is 0. The maximum atomic E-state index is 12.8. The van der Waals surface area contributed by atoms with Gasteiger partial charge in [0.15, 0.2) is 0 Å². The van der Waals surface area contributed by atoms with Gasteiger partial charge >= 0.3 is 0 Å². The van der Waals surface area contributed by atoms with Gasteiger partial charge in [-0.3, -0.25) is 19.4 Å². The number of piperazine rings is 1. The molecule has 7 nitrogen and oxygen atoms in total. The summed E-state index contributed by atoms with van der Waals surface area (Å²) in [5, 5.41) is 3.10. The van der Waals surface area contributed by atoms with Crippen LogP contribution in [0.25, 0.3) is 0 Å². The van der Waals surface area contributed by atoms with Crippen LogP contribution in [0.3, 0.4) is 0 Å². The zero-order valence-electron chi connectivity index (χ0n) is 17.6. The van der Waals surface area contributed by atoms with Crippen molar-refractivity contribution in [1.29, 1.82) is 0 Å². The molecule has 4 rings (SSSR count). The highest BCUT2D eigenvalue weighted by Crippen LogP contribution is 2.26. The van der Waals surface area contributed by atoms with E-state index in [9.17, 15) is 9.59 Å². The number of likely N-dealkylation sites (tertiary alicyclic amines) is 1. The van der Waals surface area contributed by atoms with Gasteiger partial charge in [-0.25, -0.2) is 0 Å². The highest BCUT2D eigenvalue weighted by molar-refractivity contribution is 5.83. The molecule has 0 bridgehead atoms. The summed E-state index contributed by atoms with van der Waals surface area (Å²) in [7, 11) is 4.14. The van der Waals surface area contributed by atoms with Crippen molar-refractivity contribution in [2.75, 3.05) is 58.3 Å². The van der Waals surface area contributed by atoms with Crippen LogP contribution < -0.4 is 10.2 Å². The Kier molecular flexibility index (Phi) is 6.06. The summed E-state index contributed by atoms with van der Waals surface area (Å²) in [5.74, 6) is 0.370.